The molecule has 0 radical (unpaired) electrons. The van der Waals surface area contributed by atoms with Crippen LogP contribution in [0.4, 0.5) is 32.0 Å². The minimum atomic E-state index is -5.55. The van der Waals surface area contributed by atoms with E-state index in [-0.39, 0.29) is 0 Å². The lowest BCUT2D eigenvalue weighted by molar-refractivity contribution is -0.411. The Morgan fingerprint density at radius 2 is 1.50 bits per heavy atom. The first-order valence-corrected chi connectivity index (χ1v) is 7.24. The molecule has 2 aromatic rings. The third-order valence-electron chi connectivity index (χ3n) is 2.98. The van der Waals surface area contributed by atoms with Crippen LogP contribution in [0.25, 0.3) is 0 Å². The number of ether oxygens (including phenoxy) is 2. The molecule has 0 spiro atoms. The summed E-state index contributed by atoms with van der Waals surface area (Å²) in [4.78, 5) is 0. The molecular weight excluding hydrogens is 366 g/mol. The zero-order chi connectivity index (χ0) is 19.2. The average Bonchev–Trinajstić information content (AvgIpc) is 2.56. The first kappa shape index (κ1) is 19.9. The smallest absolute Gasteiger partial charge is 0.429 e. The average molecular weight is 380 g/mol. The van der Waals surface area contributed by atoms with E-state index in [1.807, 2.05) is 30.3 Å². The lowest BCUT2D eigenvalue weighted by atomic mass is 10.2. The number of hydrazine groups is 1. The van der Waals surface area contributed by atoms with Crippen molar-refractivity contribution in [2.24, 2.45) is 0 Å². The van der Waals surface area contributed by atoms with Crippen LogP contribution < -0.4 is 15.6 Å². The number of halogens is 6. The SMILES string of the molecule is FC(OC(F)(F)F)C(F)(F)Oc1ccc(CNNc2ccccc2)cc1. The van der Waals surface area contributed by atoms with Crippen LogP contribution in [0.15, 0.2) is 54.6 Å². The number of nitrogens with one attached hydrogen (secondary N) is 2. The molecule has 0 bridgehead atoms. The van der Waals surface area contributed by atoms with Gasteiger partial charge in [0.2, 0.25) is 0 Å². The first-order valence-electron chi connectivity index (χ1n) is 7.24. The highest BCUT2D eigenvalue weighted by Gasteiger charge is 2.50. The van der Waals surface area contributed by atoms with E-state index in [0.29, 0.717) is 12.1 Å². The number of alkyl halides is 6. The van der Waals surface area contributed by atoms with E-state index >= 15 is 0 Å². The quantitative estimate of drug-likeness (QED) is 0.519. The molecule has 1 atom stereocenters. The summed E-state index contributed by atoms with van der Waals surface area (Å²) in [7, 11) is 0. The van der Waals surface area contributed by atoms with Crippen molar-refractivity contribution in [2.45, 2.75) is 25.4 Å². The predicted octanol–water partition coefficient (Wildman–Crippen LogP) is 4.61. The van der Waals surface area contributed by atoms with Gasteiger partial charge in [-0.05, 0) is 29.8 Å². The largest absolute Gasteiger partial charge is 0.525 e. The van der Waals surface area contributed by atoms with Gasteiger partial charge in [-0.3, -0.25) is 0 Å². The van der Waals surface area contributed by atoms with E-state index in [1.54, 1.807) is 0 Å². The standard InChI is InChI=1S/C16H14F6N2O2/c17-14(26-16(20,21)22)15(18,19)25-13-8-6-11(7-9-13)10-23-24-12-4-2-1-3-5-12/h1-9,14,23-24H,10H2. The van der Waals surface area contributed by atoms with Gasteiger partial charge in [0.1, 0.15) is 5.75 Å². The van der Waals surface area contributed by atoms with Gasteiger partial charge >= 0.3 is 18.8 Å². The molecule has 2 N–H and O–H groups in total. The maximum absolute atomic E-state index is 13.3. The van der Waals surface area contributed by atoms with Crippen LogP contribution in [-0.2, 0) is 11.3 Å². The summed E-state index contributed by atoms with van der Waals surface area (Å²) in [6.07, 6.45) is -14.3. The summed E-state index contributed by atoms with van der Waals surface area (Å²) in [6, 6.07) is 14.1. The van der Waals surface area contributed by atoms with Gasteiger partial charge in [0, 0.05) is 12.2 Å². The third-order valence-corrected chi connectivity index (χ3v) is 2.98. The van der Waals surface area contributed by atoms with Gasteiger partial charge in [-0.25, -0.2) is 14.6 Å². The van der Waals surface area contributed by atoms with Crippen molar-refractivity contribution in [3.63, 3.8) is 0 Å². The van der Waals surface area contributed by atoms with Gasteiger partial charge in [-0.1, -0.05) is 30.3 Å². The topological polar surface area (TPSA) is 42.5 Å². The van der Waals surface area contributed by atoms with E-state index in [1.165, 1.54) is 12.1 Å². The van der Waals surface area contributed by atoms with Gasteiger partial charge in [-0.2, -0.15) is 8.78 Å². The molecule has 0 saturated carbocycles. The van der Waals surface area contributed by atoms with E-state index < -0.39 is 24.6 Å². The lowest BCUT2D eigenvalue weighted by Gasteiger charge is -2.22. The Balaban J connectivity index is 1.86. The summed E-state index contributed by atoms with van der Waals surface area (Å²) in [5, 5.41) is 0. The highest BCUT2D eigenvalue weighted by molar-refractivity contribution is 5.41. The lowest BCUT2D eigenvalue weighted by Crippen LogP contribution is -2.41. The van der Waals surface area contributed by atoms with E-state index in [9.17, 15) is 26.3 Å². The molecule has 142 valence electrons. The monoisotopic (exact) mass is 380 g/mol. The minimum absolute atomic E-state index is 0.314. The summed E-state index contributed by atoms with van der Waals surface area (Å²) < 4.78 is 81.5. The molecule has 0 aliphatic heterocycles. The van der Waals surface area contributed by atoms with E-state index in [4.69, 9.17) is 0 Å². The van der Waals surface area contributed by atoms with Crippen molar-refractivity contribution >= 4 is 5.69 Å². The van der Waals surface area contributed by atoms with Crippen molar-refractivity contribution < 1.29 is 35.8 Å². The zero-order valence-corrected chi connectivity index (χ0v) is 13.1. The number of benzene rings is 2. The molecule has 26 heavy (non-hydrogen) atoms. The Kier molecular flexibility index (Phi) is 6.32. The molecule has 0 aliphatic rings. The molecule has 0 heterocycles. The Labute approximate surface area is 144 Å². The molecule has 0 saturated heterocycles. The fraction of sp³-hybridized carbons (Fsp3) is 0.250. The molecule has 1 unspecified atom stereocenters. The normalized spacial score (nSPS) is 13.3. The van der Waals surface area contributed by atoms with Gasteiger partial charge in [0.15, 0.2) is 0 Å². The summed E-state index contributed by atoms with van der Waals surface area (Å²) in [6.45, 7) is 0.314. The van der Waals surface area contributed by atoms with Crippen LogP contribution in [-0.4, -0.2) is 18.8 Å². The van der Waals surface area contributed by atoms with Crippen LogP contribution in [0.1, 0.15) is 5.56 Å². The summed E-state index contributed by atoms with van der Waals surface area (Å²) in [5.74, 6) is -0.511. The number of para-hydroxylation sites is 1. The van der Waals surface area contributed by atoms with Crippen LogP contribution in [0, 0.1) is 0 Å². The Morgan fingerprint density at radius 1 is 0.885 bits per heavy atom. The van der Waals surface area contributed by atoms with E-state index in [2.05, 4.69) is 20.3 Å². The highest BCUT2D eigenvalue weighted by Crippen LogP contribution is 2.31. The summed E-state index contributed by atoms with van der Waals surface area (Å²) in [5.41, 5.74) is 7.26. The van der Waals surface area contributed by atoms with Crippen LogP contribution in [0.3, 0.4) is 0 Å². The molecule has 0 aromatic heterocycles. The zero-order valence-electron chi connectivity index (χ0n) is 13.1. The number of hydrogen-bond donors (Lipinski definition) is 2. The third kappa shape index (κ3) is 6.45. The molecule has 2 rings (SSSR count). The second kappa shape index (κ2) is 8.28. The molecule has 10 heteroatoms. The van der Waals surface area contributed by atoms with Crippen molar-refractivity contribution in [1.82, 2.24) is 5.43 Å². The molecule has 0 amide bonds. The highest BCUT2D eigenvalue weighted by atomic mass is 19.4. The van der Waals surface area contributed by atoms with Gasteiger partial charge in [0.05, 0.1) is 0 Å². The molecule has 2 aromatic carbocycles. The van der Waals surface area contributed by atoms with E-state index in [0.717, 1.165) is 17.8 Å². The van der Waals surface area contributed by atoms with Crippen LogP contribution in [0.5, 0.6) is 5.75 Å². The Morgan fingerprint density at radius 3 is 2.08 bits per heavy atom. The first-order chi connectivity index (χ1) is 12.2. The Bertz CT molecular complexity index is 679. The Hall–Kier alpha value is -2.46. The van der Waals surface area contributed by atoms with Crippen LogP contribution >= 0.6 is 0 Å². The second-order valence-corrected chi connectivity index (χ2v) is 5.03. The van der Waals surface area contributed by atoms with Gasteiger partial charge < -0.3 is 10.2 Å². The van der Waals surface area contributed by atoms with Gasteiger partial charge in [0.25, 0.3) is 0 Å². The molecular formula is C16H14F6N2O2. The van der Waals surface area contributed by atoms with Crippen molar-refractivity contribution in [2.75, 3.05) is 5.43 Å². The van der Waals surface area contributed by atoms with Crippen molar-refractivity contribution in [3.8, 4) is 5.75 Å². The molecule has 0 fully saturated rings. The van der Waals surface area contributed by atoms with Crippen molar-refractivity contribution in [3.05, 3.63) is 60.2 Å². The fourth-order valence-corrected chi connectivity index (χ4v) is 1.83. The molecule has 4 nitrogen and oxygen atoms in total. The number of rotatable bonds is 8. The van der Waals surface area contributed by atoms with Gasteiger partial charge in [-0.15, -0.1) is 13.2 Å². The second-order valence-electron chi connectivity index (χ2n) is 5.03. The predicted molar refractivity (Wildman–Crippen MR) is 81.0 cm³/mol. The maximum Gasteiger partial charge on any atom is 0.525 e. The fourth-order valence-electron chi connectivity index (χ4n) is 1.83. The number of anilines is 1. The maximum atomic E-state index is 13.3. The minimum Gasteiger partial charge on any atom is -0.429 e. The van der Waals surface area contributed by atoms with Crippen LogP contribution in [0.2, 0.25) is 0 Å². The van der Waals surface area contributed by atoms with Crippen molar-refractivity contribution in [1.29, 1.82) is 0 Å². The molecule has 0 aliphatic carbocycles. The number of hydrogen-bond acceptors (Lipinski definition) is 4. The summed E-state index contributed by atoms with van der Waals surface area (Å²) >= 11 is 0.